The molecular weight excluding hydrogens is 424 g/mol. The van der Waals surface area contributed by atoms with Gasteiger partial charge in [0.05, 0.1) is 15.7 Å². The Labute approximate surface area is 184 Å². The molecular formula is C24H18Cl2FNO2. The van der Waals surface area contributed by atoms with Gasteiger partial charge in [-0.05, 0) is 42.8 Å². The Morgan fingerprint density at radius 3 is 2.40 bits per heavy atom. The first-order chi connectivity index (χ1) is 14.5. The van der Waals surface area contributed by atoms with Gasteiger partial charge in [-0.2, -0.15) is 0 Å². The number of carbonyl (C=O) groups excluding carboxylic acids is 1. The number of rotatable bonds is 5. The standard InChI is InChI=1S/C24H18Cl2FNO2/c1-2-28-22-10-6-4-8-17(22)18(24(28)29)11-15-12-19(25)23(20(26)13-15)30-14-16-7-3-5-9-21(16)27/h3-13H,2,14H2,1H3/b18-11-. The van der Waals surface area contributed by atoms with E-state index in [1.165, 1.54) is 6.07 Å². The molecule has 3 nitrogen and oxygen atoms in total. The topological polar surface area (TPSA) is 29.5 Å². The zero-order valence-corrected chi connectivity index (χ0v) is 17.7. The summed E-state index contributed by atoms with van der Waals surface area (Å²) in [4.78, 5) is 14.6. The molecule has 152 valence electrons. The van der Waals surface area contributed by atoms with Gasteiger partial charge < -0.3 is 9.64 Å². The van der Waals surface area contributed by atoms with Gasteiger partial charge in [-0.15, -0.1) is 0 Å². The summed E-state index contributed by atoms with van der Waals surface area (Å²) >= 11 is 12.8. The van der Waals surface area contributed by atoms with Gasteiger partial charge in [0.15, 0.2) is 5.75 Å². The zero-order valence-electron chi connectivity index (χ0n) is 16.2. The number of amides is 1. The minimum atomic E-state index is -0.356. The Hall–Kier alpha value is -2.82. The van der Waals surface area contributed by atoms with E-state index in [4.69, 9.17) is 27.9 Å². The molecule has 1 aliphatic heterocycles. The Bertz CT molecular complexity index is 1140. The Morgan fingerprint density at radius 2 is 1.70 bits per heavy atom. The number of ether oxygens (including phenoxy) is 1. The molecule has 3 aromatic rings. The fourth-order valence-corrected chi connectivity index (χ4v) is 4.11. The van der Waals surface area contributed by atoms with Crippen molar-refractivity contribution in [3.8, 4) is 5.75 Å². The second-order valence-corrected chi connectivity index (χ2v) is 7.63. The number of anilines is 1. The highest BCUT2D eigenvalue weighted by atomic mass is 35.5. The molecule has 0 aromatic heterocycles. The second kappa shape index (κ2) is 8.50. The number of carbonyl (C=O) groups is 1. The van der Waals surface area contributed by atoms with Crippen LogP contribution in [-0.2, 0) is 11.4 Å². The molecule has 0 spiro atoms. The number of nitrogens with zero attached hydrogens (tertiary/aromatic N) is 1. The lowest BCUT2D eigenvalue weighted by atomic mass is 10.0. The third-order valence-electron chi connectivity index (χ3n) is 4.94. The molecule has 6 heteroatoms. The van der Waals surface area contributed by atoms with Gasteiger partial charge in [0.2, 0.25) is 0 Å². The summed E-state index contributed by atoms with van der Waals surface area (Å²) in [5, 5.41) is 0.577. The van der Waals surface area contributed by atoms with Gasteiger partial charge in [-0.3, -0.25) is 4.79 Å². The maximum absolute atomic E-state index is 13.8. The summed E-state index contributed by atoms with van der Waals surface area (Å²) in [6.45, 7) is 2.52. The van der Waals surface area contributed by atoms with Crippen LogP contribution in [0.4, 0.5) is 10.1 Å². The van der Waals surface area contributed by atoms with Crippen LogP contribution in [0, 0.1) is 5.82 Å². The molecule has 0 fully saturated rings. The minimum Gasteiger partial charge on any atom is -0.486 e. The average molecular weight is 442 g/mol. The fourth-order valence-electron chi connectivity index (χ4n) is 3.49. The number of para-hydroxylation sites is 1. The second-order valence-electron chi connectivity index (χ2n) is 6.82. The maximum atomic E-state index is 13.8. The molecule has 0 aliphatic carbocycles. The highest BCUT2D eigenvalue weighted by Crippen LogP contribution is 2.40. The molecule has 0 bridgehead atoms. The predicted octanol–water partition coefficient (Wildman–Crippen LogP) is 6.62. The van der Waals surface area contributed by atoms with Crippen molar-refractivity contribution in [3.63, 3.8) is 0 Å². The van der Waals surface area contributed by atoms with Crippen molar-refractivity contribution in [1.82, 2.24) is 0 Å². The Balaban J connectivity index is 1.64. The molecule has 30 heavy (non-hydrogen) atoms. The quantitative estimate of drug-likeness (QED) is 0.416. The molecule has 0 radical (unpaired) electrons. The molecule has 0 saturated heterocycles. The van der Waals surface area contributed by atoms with Crippen LogP contribution in [0.5, 0.6) is 5.75 Å². The third-order valence-corrected chi connectivity index (χ3v) is 5.50. The number of hydrogen-bond donors (Lipinski definition) is 0. The summed E-state index contributed by atoms with van der Waals surface area (Å²) in [6.07, 6.45) is 1.77. The number of fused-ring (bicyclic) bond motifs is 1. The van der Waals surface area contributed by atoms with Crippen LogP contribution in [0.25, 0.3) is 11.6 Å². The van der Waals surface area contributed by atoms with Crippen LogP contribution in [-0.4, -0.2) is 12.5 Å². The van der Waals surface area contributed by atoms with Gasteiger partial charge in [0.1, 0.15) is 12.4 Å². The van der Waals surface area contributed by atoms with Crippen LogP contribution >= 0.6 is 23.2 Å². The van der Waals surface area contributed by atoms with E-state index in [-0.39, 0.29) is 34.1 Å². The van der Waals surface area contributed by atoms with Crippen LogP contribution in [0.1, 0.15) is 23.6 Å². The van der Waals surface area contributed by atoms with Crippen LogP contribution < -0.4 is 9.64 Å². The normalized spacial score (nSPS) is 14.3. The molecule has 0 N–H and O–H groups in total. The van der Waals surface area contributed by atoms with E-state index in [1.54, 1.807) is 41.3 Å². The van der Waals surface area contributed by atoms with Crippen LogP contribution in [0.15, 0.2) is 60.7 Å². The number of benzene rings is 3. The lowest BCUT2D eigenvalue weighted by Crippen LogP contribution is -2.25. The molecule has 1 aliphatic rings. The van der Waals surface area contributed by atoms with Gasteiger partial charge in [0.25, 0.3) is 5.91 Å². The molecule has 0 atom stereocenters. The monoisotopic (exact) mass is 441 g/mol. The molecule has 1 heterocycles. The van der Waals surface area contributed by atoms with Crippen molar-refractivity contribution in [2.75, 3.05) is 11.4 Å². The first-order valence-corrected chi connectivity index (χ1v) is 10.2. The van der Waals surface area contributed by atoms with Crippen molar-refractivity contribution in [2.45, 2.75) is 13.5 Å². The van der Waals surface area contributed by atoms with E-state index >= 15 is 0 Å². The minimum absolute atomic E-state index is 0.00384. The van der Waals surface area contributed by atoms with E-state index in [2.05, 4.69) is 0 Å². The summed E-state index contributed by atoms with van der Waals surface area (Å²) in [5.74, 6) is -0.145. The van der Waals surface area contributed by atoms with E-state index in [0.717, 1.165) is 11.3 Å². The van der Waals surface area contributed by atoms with E-state index < -0.39 is 0 Å². The van der Waals surface area contributed by atoms with Gasteiger partial charge >= 0.3 is 0 Å². The van der Waals surface area contributed by atoms with Gasteiger partial charge in [0, 0.05) is 23.2 Å². The molecule has 3 aromatic carbocycles. The molecule has 4 rings (SSSR count). The summed E-state index contributed by atoms with van der Waals surface area (Å²) < 4.78 is 19.5. The van der Waals surface area contributed by atoms with Crippen molar-refractivity contribution >= 4 is 46.4 Å². The molecule has 0 unspecified atom stereocenters. The summed E-state index contributed by atoms with van der Waals surface area (Å²) in [6, 6.07) is 17.4. The number of hydrogen-bond acceptors (Lipinski definition) is 2. The van der Waals surface area contributed by atoms with Gasteiger partial charge in [-0.1, -0.05) is 59.6 Å². The zero-order chi connectivity index (χ0) is 21.3. The highest BCUT2D eigenvalue weighted by Gasteiger charge is 2.30. The number of likely N-dealkylation sites (N-methyl/N-ethyl adjacent to an activating group) is 1. The van der Waals surface area contributed by atoms with Crippen molar-refractivity contribution < 1.29 is 13.9 Å². The molecule has 1 amide bonds. The van der Waals surface area contributed by atoms with Crippen LogP contribution in [0.2, 0.25) is 10.0 Å². The lowest BCUT2D eigenvalue weighted by Gasteiger charge is -2.13. The van der Waals surface area contributed by atoms with Crippen molar-refractivity contribution in [3.05, 3.63) is 93.2 Å². The van der Waals surface area contributed by atoms with Crippen molar-refractivity contribution in [1.29, 1.82) is 0 Å². The Kier molecular flexibility index (Phi) is 5.80. The number of halogens is 3. The first-order valence-electron chi connectivity index (χ1n) is 9.47. The van der Waals surface area contributed by atoms with E-state index in [0.29, 0.717) is 23.2 Å². The SMILES string of the molecule is CCN1C(=O)/C(=C\c2cc(Cl)c(OCc3ccccc3F)c(Cl)c2)c2ccccc21. The summed E-state index contributed by atoms with van der Waals surface area (Å²) in [5.41, 5.74) is 3.43. The lowest BCUT2D eigenvalue weighted by molar-refractivity contribution is -0.112. The van der Waals surface area contributed by atoms with Crippen molar-refractivity contribution in [2.24, 2.45) is 0 Å². The first kappa shape index (κ1) is 20.5. The van der Waals surface area contributed by atoms with Gasteiger partial charge in [-0.25, -0.2) is 4.39 Å². The summed E-state index contributed by atoms with van der Waals surface area (Å²) in [7, 11) is 0. The fraction of sp³-hybridized carbons (Fsp3) is 0.125. The van der Waals surface area contributed by atoms with E-state index in [9.17, 15) is 9.18 Å². The van der Waals surface area contributed by atoms with E-state index in [1.807, 2.05) is 31.2 Å². The van der Waals surface area contributed by atoms with Crippen LogP contribution in [0.3, 0.4) is 0 Å². The third kappa shape index (κ3) is 3.81. The maximum Gasteiger partial charge on any atom is 0.258 e. The Morgan fingerprint density at radius 1 is 1.03 bits per heavy atom. The predicted molar refractivity (Wildman–Crippen MR) is 120 cm³/mol. The smallest absolute Gasteiger partial charge is 0.258 e. The molecule has 0 saturated carbocycles. The highest BCUT2D eigenvalue weighted by molar-refractivity contribution is 6.38. The average Bonchev–Trinajstić information content (AvgIpc) is 2.99. The largest absolute Gasteiger partial charge is 0.486 e.